The number of hydrogen-bond acceptors (Lipinski definition) is 4. The molecule has 0 aromatic heterocycles. The molecule has 0 atom stereocenters. The Hall–Kier alpha value is -1.35. The van der Waals surface area contributed by atoms with Crippen LogP contribution in [0.2, 0.25) is 0 Å². The van der Waals surface area contributed by atoms with E-state index in [9.17, 15) is 52.7 Å². The molecule has 188 valence electrons. The Labute approximate surface area is 172 Å². The molecule has 0 aliphatic rings. The van der Waals surface area contributed by atoms with Crippen LogP contribution in [0.3, 0.4) is 0 Å². The second kappa shape index (κ2) is 9.49. The standard InChI is InChI=1S/C15H15F12O4P/c1-10-2-4-11(5-3-10)32(28-6-12(16,17)18,29-7-13(19,20)21,30-8-14(22,23)24)31-9-15(25,26)27/h2-5H,6-9H2,1H3. The SMILES string of the molecule is Cc1ccc(P(OCC(F)(F)F)(OCC(F)(F)F)(OCC(F)(F)F)OCC(F)(F)F)cc1. The Bertz CT molecular complexity index is 656. The van der Waals surface area contributed by atoms with E-state index in [0.29, 0.717) is 12.1 Å². The minimum absolute atomic E-state index is 0.281. The zero-order valence-corrected chi connectivity index (χ0v) is 16.6. The first kappa shape index (κ1) is 28.7. The number of alkyl halides is 12. The van der Waals surface area contributed by atoms with Gasteiger partial charge in [-0.25, -0.2) is 0 Å². The van der Waals surface area contributed by atoms with Crippen molar-refractivity contribution >= 4 is 12.8 Å². The van der Waals surface area contributed by atoms with E-state index in [4.69, 9.17) is 0 Å². The summed E-state index contributed by atoms with van der Waals surface area (Å²) in [5.41, 5.74) is 0.281. The van der Waals surface area contributed by atoms with E-state index in [0.717, 1.165) is 12.1 Å². The zero-order chi connectivity index (χ0) is 25.1. The molecule has 0 saturated carbocycles. The molecule has 17 heteroatoms. The number of halogens is 12. The fourth-order valence-corrected chi connectivity index (χ4v) is 5.20. The first-order valence-electron chi connectivity index (χ1n) is 8.11. The summed E-state index contributed by atoms with van der Waals surface area (Å²) in [6.45, 7) is -9.23. The predicted molar refractivity (Wildman–Crippen MR) is 85.8 cm³/mol. The van der Waals surface area contributed by atoms with Crippen molar-refractivity contribution in [1.29, 1.82) is 0 Å². The number of aryl methyl sites for hydroxylation is 1. The summed E-state index contributed by atoms with van der Waals surface area (Å²) < 4.78 is 171. The van der Waals surface area contributed by atoms with E-state index in [1.54, 1.807) is 0 Å². The summed E-state index contributed by atoms with van der Waals surface area (Å²) >= 11 is 0. The first-order chi connectivity index (χ1) is 14.1. The fraction of sp³-hybridized carbons (Fsp3) is 0.600. The van der Waals surface area contributed by atoms with Gasteiger partial charge in [-0.05, 0) is 0 Å². The van der Waals surface area contributed by atoms with Crippen molar-refractivity contribution in [2.45, 2.75) is 31.6 Å². The molecule has 1 aromatic carbocycles. The molecule has 1 rings (SSSR count). The van der Waals surface area contributed by atoms with Gasteiger partial charge >= 0.3 is 171 Å². The van der Waals surface area contributed by atoms with Crippen LogP contribution in [0.15, 0.2) is 24.3 Å². The van der Waals surface area contributed by atoms with E-state index in [1.165, 1.54) is 6.92 Å². The second-order valence-electron chi connectivity index (χ2n) is 6.20. The first-order valence-corrected chi connectivity index (χ1v) is 10.0. The van der Waals surface area contributed by atoms with Gasteiger partial charge in [-0.15, -0.1) is 0 Å². The second-order valence-corrected chi connectivity index (χ2v) is 9.38. The molecular formula is C15H15F12O4P. The minimum atomic E-state index is -7.08. The van der Waals surface area contributed by atoms with Gasteiger partial charge in [0.15, 0.2) is 0 Å². The molecular weight excluding hydrogens is 503 g/mol. The molecule has 4 nitrogen and oxygen atoms in total. The molecule has 0 aliphatic carbocycles. The van der Waals surface area contributed by atoms with Crippen LogP contribution in [0, 0.1) is 6.92 Å². The van der Waals surface area contributed by atoms with E-state index in [-0.39, 0.29) is 5.56 Å². The topological polar surface area (TPSA) is 36.9 Å². The van der Waals surface area contributed by atoms with Crippen LogP contribution in [-0.2, 0) is 18.1 Å². The van der Waals surface area contributed by atoms with Crippen molar-refractivity contribution in [2.75, 3.05) is 26.4 Å². The monoisotopic (exact) mass is 518 g/mol. The Morgan fingerprint density at radius 1 is 0.531 bits per heavy atom. The van der Waals surface area contributed by atoms with Gasteiger partial charge in [0.25, 0.3) is 0 Å². The van der Waals surface area contributed by atoms with E-state index in [1.807, 2.05) is 0 Å². The molecule has 0 aliphatic heterocycles. The van der Waals surface area contributed by atoms with E-state index >= 15 is 0 Å². The molecule has 0 radical (unpaired) electrons. The van der Waals surface area contributed by atoms with Crippen LogP contribution >= 0.6 is 7.51 Å². The third-order valence-electron chi connectivity index (χ3n) is 3.26. The number of hydrogen-bond donors (Lipinski definition) is 0. The maximum absolute atomic E-state index is 12.8. The third kappa shape index (κ3) is 9.25. The molecule has 0 fully saturated rings. The predicted octanol–water partition coefficient (Wildman–Crippen LogP) is 6.15. The molecule has 1 aromatic rings. The van der Waals surface area contributed by atoms with Gasteiger partial charge in [0.2, 0.25) is 0 Å². The Morgan fingerprint density at radius 2 is 0.781 bits per heavy atom. The number of rotatable bonds is 9. The molecule has 32 heavy (non-hydrogen) atoms. The third-order valence-corrected chi connectivity index (χ3v) is 6.70. The quantitative estimate of drug-likeness (QED) is 0.291. The van der Waals surface area contributed by atoms with Gasteiger partial charge in [0.05, 0.1) is 0 Å². The summed E-state index contributed by atoms with van der Waals surface area (Å²) in [6, 6.07) is 3.09. The van der Waals surface area contributed by atoms with Gasteiger partial charge in [-0.2, -0.15) is 0 Å². The Balaban J connectivity index is 3.80. The van der Waals surface area contributed by atoms with Crippen molar-refractivity contribution in [2.24, 2.45) is 0 Å². The average Bonchev–Trinajstić information content (AvgIpc) is 2.59. The van der Waals surface area contributed by atoms with Crippen LogP contribution < -0.4 is 5.30 Å². The zero-order valence-electron chi connectivity index (χ0n) is 15.8. The summed E-state index contributed by atoms with van der Waals surface area (Å²) in [6.07, 6.45) is -21.7. The Morgan fingerprint density at radius 3 is 1.00 bits per heavy atom. The van der Waals surface area contributed by atoms with Crippen LogP contribution in [0.4, 0.5) is 52.7 Å². The molecule has 0 N–H and O–H groups in total. The summed E-state index contributed by atoms with van der Waals surface area (Å²) in [5, 5.41) is -1.15. The van der Waals surface area contributed by atoms with E-state index in [2.05, 4.69) is 18.1 Å². The molecule has 0 unspecified atom stereocenters. The van der Waals surface area contributed by atoms with Gasteiger partial charge in [0.1, 0.15) is 0 Å². The summed E-state index contributed by atoms with van der Waals surface area (Å²) in [4.78, 5) is 0. The van der Waals surface area contributed by atoms with Crippen molar-refractivity contribution in [3.05, 3.63) is 29.8 Å². The van der Waals surface area contributed by atoms with Crippen LogP contribution in [0.1, 0.15) is 5.56 Å². The number of benzene rings is 1. The average molecular weight is 518 g/mol. The van der Waals surface area contributed by atoms with Gasteiger partial charge in [0, 0.05) is 0 Å². The summed E-state index contributed by atoms with van der Waals surface area (Å²) in [7, 11) is -7.08. The van der Waals surface area contributed by atoms with Gasteiger partial charge in [-0.1, -0.05) is 0 Å². The van der Waals surface area contributed by atoms with Crippen LogP contribution in [0.25, 0.3) is 0 Å². The van der Waals surface area contributed by atoms with Crippen molar-refractivity contribution < 1.29 is 70.8 Å². The fourth-order valence-electron chi connectivity index (χ4n) is 2.05. The molecule has 0 heterocycles. The maximum atomic E-state index is 12.8. The Kier molecular flexibility index (Phi) is 8.50. The van der Waals surface area contributed by atoms with Gasteiger partial charge < -0.3 is 0 Å². The van der Waals surface area contributed by atoms with Crippen LogP contribution in [-0.4, -0.2) is 51.1 Å². The normalized spacial score (nSPS) is 15.5. The van der Waals surface area contributed by atoms with Crippen molar-refractivity contribution in [1.82, 2.24) is 0 Å². The molecule has 0 spiro atoms. The molecule has 0 saturated heterocycles. The van der Waals surface area contributed by atoms with E-state index < -0.39 is 63.9 Å². The van der Waals surface area contributed by atoms with Crippen LogP contribution in [0.5, 0.6) is 0 Å². The molecule has 0 bridgehead atoms. The summed E-state index contributed by atoms with van der Waals surface area (Å²) in [5.74, 6) is 0. The van der Waals surface area contributed by atoms with Crippen molar-refractivity contribution in [3.8, 4) is 0 Å². The van der Waals surface area contributed by atoms with Gasteiger partial charge in [-0.3, -0.25) is 0 Å². The molecule has 0 amide bonds. The van der Waals surface area contributed by atoms with Crippen molar-refractivity contribution in [3.63, 3.8) is 0 Å².